The number of amides is 1. The Hall–Kier alpha value is -0.770. The number of nitrogens with zero attached hydrogens (tertiary/aromatic N) is 1. The topological polar surface area (TPSA) is 33.5 Å². The standard InChI is InChI=1S/C12H16BrNO2/c1-9(8-10-4-3-7-16-10)14-6-2-5-11(13)12(14)15/h3-4,7,9,11H,2,5-6,8H2,1H3. The van der Waals surface area contributed by atoms with Crippen molar-refractivity contribution < 1.29 is 9.21 Å². The molecule has 0 radical (unpaired) electrons. The number of carbonyl (C=O) groups excluding carboxylic acids is 1. The largest absolute Gasteiger partial charge is 0.469 e. The number of halogens is 1. The maximum absolute atomic E-state index is 11.9. The fourth-order valence-electron chi connectivity index (χ4n) is 2.12. The van der Waals surface area contributed by atoms with Gasteiger partial charge in [-0.3, -0.25) is 4.79 Å². The van der Waals surface area contributed by atoms with Crippen molar-refractivity contribution in [2.24, 2.45) is 0 Å². The number of hydrogen-bond donors (Lipinski definition) is 0. The van der Waals surface area contributed by atoms with Crippen LogP contribution < -0.4 is 0 Å². The van der Waals surface area contributed by atoms with Crippen molar-refractivity contribution >= 4 is 21.8 Å². The van der Waals surface area contributed by atoms with Crippen molar-refractivity contribution in [3.05, 3.63) is 24.2 Å². The van der Waals surface area contributed by atoms with Gasteiger partial charge >= 0.3 is 0 Å². The smallest absolute Gasteiger partial charge is 0.236 e. The van der Waals surface area contributed by atoms with Gasteiger partial charge in [0.1, 0.15) is 5.76 Å². The van der Waals surface area contributed by atoms with E-state index in [1.54, 1.807) is 6.26 Å². The summed E-state index contributed by atoms with van der Waals surface area (Å²) in [6, 6.07) is 4.04. The second-order valence-electron chi connectivity index (χ2n) is 4.27. The van der Waals surface area contributed by atoms with Crippen LogP contribution in [0.3, 0.4) is 0 Å². The molecule has 2 rings (SSSR count). The number of carbonyl (C=O) groups is 1. The van der Waals surface area contributed by atoms with Gasteiger partial charge in [-0.15, -0.1) is 0 Å². The summed E-state index contributed by atoms with van der Waals surface area (Å²) in [7, 11) is 0. The molecule has 0 N–H and O–H groups in total. The second-order valence-corrected chi connectivity index (χ2v) is 5.38. The van der Waals surface area contributed by atoms with Gasteiger partial charge < -0.3 is 9.32 Å². The van der Waals surface area contributed by atoms with Crippen LogP contribution in [-0.4, -0.2) is 28.2 Å². The zero-order valence-corrected chi connectivity index (χ0v) is 10.9. The summed E-state index contributed by atoms with van der Waals surface area (Å²) in [5, 5.41) is 0. The van der Waals surface area contributed by atoms with Gasteiger partial charge in [0.05, 0.1) is 11.1 Å². The summed E-state index contributed by atoms with van der Waals surface area (Å²) in [4.78, 5) is 13.9. The highest BCUT2D eigenvalue weighted by Crippen LogP contribution is 2.21. The van der Waals surface area contributed by atoms with Gasteiger partial charge in [-0.1, -0.05) is 15.9 Å². The Morgan fingerprint density at radius 2 is 2.50 bits per heavy atom. The maximum atomic E-state index is 11.9. The third-order valence-electron chi connectivity index (χ3n) is 3.02. The lowest BCUT2D eigenvalue weighted by molar-refractivity contribution is -0.134. The molecule has 0 bridgehead atoms. The predicted octanol–water partition coefficient (Wildman–Crippen LogP) is 2.60. The Bertz CT molecular complexity index is 350. The Kier molecular flexibility index (Phi) is 3.69. The zero-order chi connectivity index (χ0) is 11.5. The van der Waals surface area contributed by atoms with E-state index in [1.165, 1.54) is 0 Å². The first-order valence-corrected chi connectivity index (χ1v) is 6.57. The van der Waals surface area contributed by atoms with Crippen LogP contribution in [0.1, 0.15) is 25.5 Å². The van der Waals surface area contributed by atoms with E-state index in [4.69, 9.17) is 4.42 Å². The van der Waals surface area contributed by atoms with Crippen LogP contribution in [-0.2, 0) is 11.2 Å². The van der Waals surface area contributed by atoms with Crippen LogP contribution in [0, 0.1) is 0 Å². The van der Waals surface area contributed by atoms with E-state index in [0.717, 1.165) is 31.6 Å². The predicted molar refractivity (Wildman–Crippen MR) is 65.5 cm³/mol. The van der Waals surface area contributed by atoms with Crippen LogP contribution in [0.4, 0.5) is 0 Å². The Balaban J connectivity index is 1.98. The molecule has 1 aromatic rings. The van der Waals surface area contributed by atoms with Crippen molar-refractivity contribution in [3.8, 4) is 0 Å². The lowest BCUT2D eigenvalue weighted by Crippen LogP contribution is -2.47. The third-order valence-corrected chi connectivity index (χ3v) is 3.87. The van der Waals surface area contributed by atoms with Crippen LogP contribution in [0.25, 0.3) is 0 Å². The number of furan rings is 1. The molecule has 2 unspecified atom stereocenters. The third kappa shape index (κ3) is 2.48. The SMILES string of the molecule is CC(Cc1ccco1)N1CCCC(Br)C1=O. The van der Waals surface area contributed by atoms with Gasteiger partial charge in [0, 0.05) is 19.0 Å². The maximum Gasteiger partial charge on any atom is 0.236 e. The van der Waals surface area contributed by atoms with Gasteiger partial charge in [0.15, 0.2) is 0 Å². The van der Waals surface area contributed by atoms with Crippen LogP contribution in [0.2, 0.25) is 0 Å². The lowest BCUT2D eigenvalue weighted by Gasteiger charge is -2.34. The average Bonchev–Trinajstić information content (AvgIpc) is 2.74. The summed E-state index contributed by atoms with van der Waals surface area (Å²) in [6.07, 6.45) is 4.48. The molecule has 0 aromatic carbocycles. The molecule has 3 nitrogen and oxygen atoms in total. The quantitative estimate of drug-likeness (QED) is 0.800. The first kappa shape index (κ1) is 11.7. The molecule has 88 valence electrons. The van der Waals surface area contributed by atoms with Crippen molar-refractivity contribution in [2.75, 3.05) is 6.54 Å². The molecule has 0 saturated carbocycles. The monoisotopic (exact) mass is 285 g/mol. The van der Waals surface area contributed by atoms with E-state index in [9.17, 15) is 4.79 Å². The first-order chi connectivity index (χ1) is 7.68. The van der Waals surface area contributed by atoms with E-state index in [2.05, 4.69) is 22.9 Å². The summed E-state index contributed by atoms with van der Waals surface area (Å²) >= 11 is 3.43. The van der Waals surface area contributed by atoms with Crippen LogP contribution in [0.5, 0.6) is 0 Å². The Morgan fingerprint density at radius 3 is 3.19 bits per heavy atom. The number of rotatable bonds is 3. The first-order valence-electron chi connectivity index (χ1n) is 5.65. The summed E-state index contributed by atoms with van der Waals surface area (Å²) in [5.74, 6) is 1.15. The molecule has 4 heteroatoms. The van der Waals surface area contributed by atoms with Gasteiger partial charge in [-0.2, -0.15) is 0 Å². The highest BCUT2D eigenvalue weighted by atomic mass is 79.9. The minimum absolute atomic E-state index is 0.000279. The van der Waals surface area contributed by atoms with Gasteiger partial charge in [0.2, 0.25) is 5.91 Å². The highest BCUT2D eigenvalue weighted by Gasteiger charge is 2.29. The van der Waals surface area contributed by atoms with Crippen LogP contribution >= 0.6 is 15.9 Å². The Labute approximate surface area is 104 Å². The number of hydrogen-bond acceptors (Lipinski definition) is 2. The average molecular weight is 286 g/mol. The normalized spacial score (nSPS) is 23.5. The second kappa shape index (κ2) is 5.04. The molecule has 1 amide bonds. The number of likely N-dealkylation sites (tertiary alicyclic amines) is 1. The highest BCUT2D eigenvalue weighted by molar-refractivity contribution is 9.10. The van der Waals surface area contributed by atoms with E-state index in [-0.39, 0.29) is 16.8 Å². The molecule has 0 spiro atoms. The molecule has 1 aliphatic heterocycles. The minimum Gasteiger partial charge on any atom is -0.469 e. The molecule has 2 atom stereocenters. The van der Waals surface area contributed by atoms with E-state index in [1.807, 2.05) is 17.0 Å². The molecular weight excluding hydrogens is 270 g/mol. The van der Waals surface area contributed by atoms with Crippen molar-refractivity contribution in [2.45, 2.75) is 37.1 Å². The van der Waals surface area contributed by atoms with Crippen molar-refractivity contribution in [3.63, 3.8) is 0 Å². The fourth-order valence-corrected chi connectivity index (χ4v) is 2.71. The number of piperidine rings is 1. The molecule has 2 heterocycles. The van der Waals surface area contributed by atoms with E-state index < -0.39 is 0 Å². The fraction of sp³-hybridized carbons (Fsp3) is 0.583. The summed E-state index contributed by atoms with van der Waals surface area (Å²) in [5.41, 5.74) is 0. The summed E-state index contributed by atoms with van der Waals surface area (Å²) in [6.45, 7) is 2.94. The molecule has 1 aromatic heterocycles. The minimum atomic E-state index is 0.000279. The molecule has 1 aliphatic rings. The van der Waals surface area contributed by atoms with E-state index in [0.29, 0.717) is 0 Å². The van der Waals surface area contributed by atoms with Gasteiger partial charge in [-0.25, -0.2) is 0 Å². The molecular formula is C12H16BrNO2. The molecule has 0 aliphatic carbocycles. The molecule has 1 saturated heterocycles. The molecule has 1 fully saturated rings. The zero-order valence-electron chi connectivity index (χ0n) is 9.36. The van der Waals surface area contributed by atoms with Gasteiger partial charge in [-0.05, 0) is 31.9 Å². The lowest BCUT2D eigenvalue weighted by atomic mass is 10.1. The molecule has 16 heavy (non-hydrogen) atoms. The van der Waals surface area contributed by atoms with Crippen molar-refractivity contribution in [1.29, 1.82) is 0 Å². The Morgan fingerprint density at radius 1 is 1.69 bits per heavy atom. The van der Waals surface area contributed by atoms with Crippen LogP contribution in [0.15, 0.2) is 22.8 Å². The van der Waals surface area contributed by atoms with Gasteiger partial charge in [0.25, 0.3) is 0 Å². The van der Waals surface area contributed by atoms with E-state index >= 15 is 0 Å². The summed E-state index contributed by atoms with van der Waals surface area (Å²) < 4.78 is 5.31. The number of alkyl halides is 1. The van der Waals surface area contributed by atoms with Crippen molar-refractivity contribution in [1.82, 2.24) is 4.90 Å².